The molecule has 0 saturated heterocycles. The fourth-order valence-electron chi connectivity index (χ4n) is 2.81. The quantitative estimate of drug-likeness (QED) is 0.605. The number of amides is 3. The van der Waals surface area contributed by atoms with Crippen LogP contribution in [0.25, 0.3) is 0 Å². The third-order valence-electron chi connectivity index (χ3n) is 4.22. The number of benzene rings is 1. The van der Waals surface area contributed by atoms with E-state index in [1.807, 2.05) is 39.8 Å². The van der Waals surface area contributed by atoms with Crippen molar-refractivity contribution in [2.75, 3.05) is 25.0 Å². The predicted octanol–water partition coefficient (Wildman–Crippen LogP) is 3.26. The van der Waals surface area contributed by atoms with Gasteiger partial charge in [-0.3, -0.25) is 14.4 Å². The lowest BCUT2D eigenvalue weighted by molar-refractivity contribution is -0.120. The molecule has 0 aliphatic heterocycles. The Balaban J connectivity index is 1.98. The van der Waals surface area contributed by atoms with E-state index in [0.29, 0.717) is 29.5 Å². The van der Waals surface area contributed by atoms with Crippen LogP contribution in [0.15, 0.2) is 29.6 Å². The summed E-state index contributed by atoms with van der Waals surface area (Å²) in [6.07, 6.45) is 1.05. The molecule has 0 bridgehead atoms. The molecule has 8 heteroatoms. The fraction of sp³-hybridized carbons (Fsp3) is 0.455. The molecule has 7 nitrogen and oxygen atoms in total. The average molecular weight is 431 g/mol. The first-order valence-electron chi connectivity index (χ1n) is 10.1. The number of hydrogen-bond donors (Lipinski definition) is 2. The molecule has 1 heterocycles. The van der Waals surface area contributed by atoms with Gasteiger partial charge in [0.15, 0.2) is 5.13 Å². The third kappa shape index (κ3) is 7.59. The molecule has 0 radical (unpaired) electrons. The van der Waals surface area contributed by atoms with E-state index < -0.39 is 0 Å². The Hall–Kier alpha value is -2.74. The Labute approximate surface area is 181 Å². The van der Waals surface area contributed by atoms with Crippen molar-refractivity contribution in [1.82, 2.24) is 15.2 Å². The van der Waals surface area contributed by atoms with Gasteiger partial charge in [-0.15, -0.1) is 11.3 Å². The first-order valence-corrected chi connectivity index (χ1v) is 11.0. The smallest absolute Gasteiger partial charge is 0.254 e. The number of carbonyl (C=O) groups excluding carboxylic acids is 3. The summed E-state index contributed by atoms with van der Waals surface area (Å²) >= 11 is 1.26. The van der Waals surface area contributed by atoms with Crippen LogP contribution in [0.5, 0.6) is 0 Å². The number of nitrogens with one attached hydrogen (secondary N) is 2. The van der Waals surface area contributed by atoms with Crippen LogP contribution in [-0.4, -0.2) is 47.2 Å². The van der Waals surface area contributed by atoms with Crippen molar-refractivity contribution in [3.63, 3.8) is 0 Å². The van der Waals surface area contributed by atoms with Gasteiger partial charge in [0.1, 0.15) is 6.54 Å². The van der Waals surface area contributed by atoms with Crippen LogP contribution >= 0.6 is 11.3 Å². The van der Waals surface area contributed by atoms with E-state index in [4.69, 9.17) is 0 Å². The maximum absolute atomic E-state index is 12.9. The van der Waals surface area contributed by atoms with Gasteiger partial charge in [-0.2, -0.15) is 0 Å². The number of carbonyl (C=O) groups is 3. The second kappa shape index (κ2) is 11.4. The molecule has 30 heavy (non-hydrogen) atoms. The van der Waals surface area contributed by atoms with Gasteiger partial charge in [0.2, 0.25) is 11.8 Å². The molecule has 0 atom stereocenters. The summed E-state index contributed by atoms with van der Waals surface area (Å²) in [5.74, 6) is -0.356. The molecule has 0 aliphatic carbocycles. The number of aromatic nitrogens is 1. The van der Waals surface area contributed by atoms with Crippen LogP contribution in [0.2, 0.25) is 0 Å². The lowest BCUT2D eigenvalue weighted by atomic mass is 10.1. The molecule has 0 unspecified atom stereocenters. The largest absolute Gasteiger partial charge is 0.356 e. The molecule has 0 aliphatic rings. The first kappa shape index (κ1) is 23.5. The van der Waals surface area contributed by atoms with Gasteiger partial charge in [0, 0.05) is 24.0 Å². The highest BCUT2D eigenvalue weighted by atomic mass is 32.1. The predicted molar refractivity (Wildman–Crippen MR) is 120 cm³/mol. The van der Waals surface area contributed by atoms with E-state index in [1.54, 1.807) is 22.4 Å². The minimum Gasteiger partial charge on any atom is -0.356 e. The van der Waals surface area contributed by atoms with Gasteiger partial charge in [-0.1, -0.05) is 38.5 Å². The number of aryl methyl sites for hydroxylation is 1. The number of thiazole rings is 1. The third-order valence-corrected chi connectivity index (χ3v) is 5.02. The normalized spacial score (nSPS) is 10.7. The van der Waals surface area contributed by atoms with E-state index in [1.165, 1.54) is 11.3 Å². The Kier molecular flexibility index (Phi) is 8.98. The summed E-state index contributed by atoms with van der Waals surface area (Å²) in [7, 11) is 0. The number of rotatable bonds is 10. The zero-order valence-corrected chi connectivity index (χ0v) is 18.8. The zero-order chi connectivity index (χ0) is 22.1. The maximum atomic E-state index is 12.9. The monoisotopic (exact) mass is 430 g/mol. The average Bonchev–Trinajstić information content (AvgIpc) is 3.12. The topological polar surface area (TPSA) is 91.4 Å². The summed E-state index contributed by atoms with van der Waals surface area (Å²) in [5.41, 5.74) is 2.24. The van der Waals surface area contributed by atoms with Crippen molar-refractivity contribution in [3.8, 4) is 0 Å². The van der Waals surface area contributed by atoms with Gasteiger partial charge in [0.05, 0.1) is 12.1 Å². The molecule has 2 N–H and O–H groups in total. The van der Waals surface area contributed by atoms with Crippen molar-refractivity contribution in [2.45, 2.75) is 40.5 Å². The van der Waals surface area contributed by atoms with Crippen LogP contribution in [0, 0.1) is 12.8 Å². The molecule has 3 amide bonds. The minimum atomic E-state index is -0.313. The van der Waals surface area contributed by atoms with Crippen molar-refractivity contribution < 1.29 is 14.4 Å². The summed E-state index contributed by atoms with van der Waals surface area (Å²) in [6, 6.07) is 7.32. The van der Waals surface area contributed by atoms with Gasteiger partial charge in [0.25, 0.3) is 5.91 Å². The van der Waals surface area contributed by atoms with Gasteiger partial charge < -0.3 is 15.5 Å². The van der Waals surface area contributed by atoms with Crippen LogP contribution < -0.4 is 10.6 Å². The molecule has 162 valence electrons. The summed E-state index contributed by atoms with van der Waals surface area (Å²) < 4.78 is 0. The summed E-state index contributed by atoms with van der Waals surface area (Å²) in [6.45, 7) is 9.01. The molecule has 0 spiro atoms. The minimum absolute atomic E-state index is 0.0587. The highest BCUT2D eigenvalue weighted by Gasteiger charge is 2.20. The highest BCUT2D eigenvalue weighted by molar-refractivity contribution is 7.13. The van der Waals surface area contributed by atoms with E-state index >= 15 is 0 Å². The van der Waals surface area contributed by atoms with Gasteiger partial charge in [-0.05, 0) is 31.4 Å². The van der Waals surface area contributed by atoms with Crippen molar-refractivity contribution in [1.29, 1.82) is 0 Å². The maximum Gasteiger partial charge on any atom is 0.254 e. The van der Waals surface area contributed by atoms with Crippen molar-refractivity contribution >= 4 is 34.2 Å². The SMILES string of the molecule is CCCNC(=O)Cc1csc(NC(=O)CN(CC(C)C)C(=O)c2ccc(C)cc2)n1. The second-order valence-electron chi connectivity index (χ2n) is 7.66. The lowest BCUT2D eigenvalue weighted by Crippen LogP contribution is -2.40. The van der Waals surface area contributed by atoms with Crippen LogP contribution in [-0.2, 0) is 16.0 Å². The molecule has 1 aromatic carbocycles. The molecular formula is C22H30N4O3S. The Morgan fingerprint density at radius 1 is 1.13 bits per heavy atom. The van der Waals surface area contributed by atoms with Crippen molar-refractivity contribution in [3.05, 3.63) is 46.5 Å². The number of nitrogens with zero attached hydrogens (tertiary/aromatic N) is 2. The van der Waals surface area contributed by atoms with E-state index in [0.717, 1.165) is 12.0 Å². The highest BCUT2D eigenvalue weighted by Crippen LogP contribution is 2.16. The number of anilines is 1. The molecule has 2 aromatic rings. The molecule has 2 rings (SSSR count). The number of hydrogen-bond acceptors (Lipinski definition) is 5. The summed E-state index contributed by atoms with van der Waals surface area (Å²) in [4.78, 5) is 43.1. The fourth-order valence-corrected chi connectivity index (χ4v) is 3.53. The Morgan fingerprint density at radius 2 is 1.83 bits per heavy atom. The molecular weight excluding hydrogens is 400 g/mol. The lowest BCUT2D eigenvalue weighted by Gasteiger charge is -2.24. The van der Waals surface area contributed by atoms with E-state index in [-0.39, 0.29) is 36.6 Å². The van der Waals surface area contributed by atoms with Gasteiger partial charge in [-0.25, -0.2) is 4.98 Å². The standard InChI is InChI=1S/C22H30N4O3S/c1-5-10-23-19(27)11-18-14-30-22(24-18)25-20(28)13-26(12-15(2)3)21(29)17-8-6-16(4)7-9-17/h6-9,14-15H,5,10-13H2,1-4H3,(H,23,27)(H,24,25,28). The summed E-state index contributed by atoms with van der Waals surface area (Å²) in [5, 5.41) is 7.72. The Bertz CT molecular complexity index is 862. The van der Waals surface area contributed by atoms with E-state index in [9.17, 15) is 14.4 Å². The van der Waals surface area contributed by atoms with Crippen molar-refractivity contribution in [2.24, 2.45) is 5.92 Å². The Morgan fingerprint density at radius 3 is 2.47 bits per heavy atom. The van der Waals surface area contributed by atoms with Crippen LogP contribution in [0.4, 0.5) is 5.13 Å². The van der Waals surface area contributed by atoms with E-state index in [2.05, 4.69) is 15.6 Å². The van der Waals surface area contributed by atoms with Gasteiger partial charge >= 0.3 is 0 Å². The van der Waals surface area contributed by atoms with Crippen LogP contribution in [0.3, 0.4) is 0 Å². The molecule has 0 fully saturated rings. The zero-order valence-electron chi connectivity index (χ0n) is 18.0. The molecule has 1 aromatic heterocycles. The second-order valence-corrected chi connectivity index (χ2v) is 8.52. The first-order chi connectivity index (χ1) is 14.3. The molecule has 0 saturated carbocycles. The van der Waals surface area contributed by atoms with Crippen LogP contribution in [0.1, 0.15) is 48.8 Å².